The number of amides is 2. The van der Waals surface area contributed by atoms with E-state index in [1.165, 1.54) is 14.1 Å². The van der Waals surface area contributed by atoms with Crippen LogP contribution >= 0.6 is 0 Å². The summed E-state index contributed by atoms with van der Waals surface area (Å²) in [7, 11) is 3.06. The van der Waals surface area contributed by atoms with E-state index in [-0.39, 0.29) is 11.8 Å². The van der Waals surface area contributed by atoms with E-state index in [9.17, 15) is 9.59 Å². The highest BCUT2D eigenvalue weighted by Crippen LogP contribution is 2.09. The molecule has 86 valence electrons. The molecule has 0 fully saturated rings. The molecule has 0 spiro atoms. The lowest BCUT2D eigenvalue weighted by atomic mass is 9.98. The van der Waals surface area contributed by atoms with Gasteiger partial charge >= 0.3 is 0 Å². The first-order valence-corrected chi connectivity index (χ1v) is 5.16. The van der Waals surface area contributed by atoms with Gasteiger partial charge in [0.1, 0.15) is 5.92 Å². The van der Waals surface area contributed by atoms with E-state index in [4.69, 9.17) is 0 Å². The number of hydrogen-bond donors (Lipinski definition) is 2. The largest absolute Gasteiger partial charge is 0.358 e. The van der Waals surface area contributed by atoms with Crippen molar-refractivity contribution in [3.8, 4) is 0 Å². The molecule has 0 unspecified atom stereocenters. The van der Waals surface area contributed by atoms with E-state index in [1.54, 1.807) is 0 Å². The highest BCUT2D eigenvalue weighted by Gasteiger charge is 2.24. The minimum atomic E-state index is -0.669. The van der Waals surface area contributed by atoms with Gasteiger partial charge < -0.3 is 10.6 Å². The van der Waals surface area contributed by atoms with E-state index in [0.29, 0.717) is 6.42 Å². The average Bonchev–Trinajstić information content (AvgIpc) is 2.35. The standard InChI is InChI=1S/C12H16N2O2/c1-13-11(15)10(12(16)14-2)8-9-6-4-3-5-7-9/h3-7,10H,8H2,1-2H3,(H,13,15)(H,14,16). The van der Waals surface area contributed by atoms with Gasteiger partial charge in [-0.1, -0.05) is 30.3 Å². The van der Waals surface area contributed by atoms with Crippen LogP contribution in [0, 0.1) is 5.92 Å². The molecule has 1 aromatic rings. The molecule has 2 N–H and O–H groups in total. The molecule has 0 radical (unpaired) electrons. The minimum Gasteiger partial charge on any atom is -0.358 e. The van der Waals surface area contributed by atoms with Crippen molar-refractivity contribution in [2.75, 3.05) is 14.1 Å². The van der Waals surface area contributed by atoms with Gasteiger partial charge in [-0.05, 0) is 12.0 Å². The van der Waals surface area contributed by atoms with Gasteiger partial charge in [-0.2, -0.15) is 0 Å². The van der Waals surface area contributed by atoms with Gasteiger partial charge in [0, 0.05) is 14.1 Å². The van der Waals surface area contributed by atoms with E-state index in [2.05, 4.69) is 10.6 Å². The zero-order valence-corrected chi connectivity index (χ0v) is 9.49. The lowest BCUT2D eigenvalue weighted by Gasteiger charge is -2.13. The Morgan fingerprint density at radius 1 is 1.06 bits per heavy atom. The highest BCUT2D eigenvalue weighted by molar-refractivity contribution is 6.00. The summed E-state index contributed by atoms with van der Waals surface area (Å²) in [5.41, 5.74) is 0.972. The number of hydrogen-bond acceptors (Lipinski definition) is 2. The molecule has 0 saturated carbocycles. The topological polar surface area (TPSA) is 58.2 Å². The Kier molecular flexibility index (Phi) is 4.51. The van der Waals surface area contributed by atoms with Crippen LogP contribution in [0.2, 0.25) is 0 Å². The number of benzene rings is 1. The molecular formula is C12H16N2O2. The molecule has 2 amide bonds. The first kappa shape index (κ1) is 12.2. The molecule has 0 bridgehead atoms. The summed E-state index contributed by atoms with van der Waals surface area (Å²) in [6.45, 7) is 0. The van der Waals surface area contributed by atoms with Crippen LogP contribution in [0.25, 0.3) is 0 Å². The molecule has 16 heavy (non-hydrogen) atoms. The maximum atomic E-state index is 11.5. The molecule has 4 nitrogen and oxygen atoms in total. The van der Waals surface area contributed by atoms with Gasteiger partial charge in [-0.15, -0.1) is 0 Å². The fourth-order valence-corrected chi connectivity index (χ4v) is 1.50. The molecule has 0 aliphatic rings. The summed E-state index contributed by atoms with van der Waals surface area (Å²) >= 11 is 0. The van der Waals surface area contributed by atoms with Crippen LogP contribution in [-0.4, -0.2) is 25.9 Å². The van der Waals surface area contributed by atoms with Crippen LogP contribution in [0.4, 0.5) is 0 Å². The van der Waals surface area contributed by atoms with Crippen molar-refractivity contribution in [3.63, 3.8) is 0 Å². The molecule has 0 heterocycles. The predicted molar refractivity (Wildman–Crippen MR) is 61.8 cm³/mol. The molecule has 0 aromatic heterocycles. The highest BCUT2D eigenvalue weighted by atomic mass is 16.2. The van der Waals surface area contributed by atoms with Crippen LogP contribution in [0.3, 0.4) is 0 Å². The molecule has 0 aliphatic heterocycles. The van der Waals surface area contributed by atoms with Crippen LogP contribution in [-0.2, 0) is 16.0 Å². The second-order valence-corrected chi connectivity index (χ2v) is 3.47. The van der Waals surface area contributed by atoms with Crippen LogP contribution in [0.15, 0.2) is 30.3 Å². The van der Waals surface area contributed by atoms with Crippen LogP contribution in [0.1, 0.15) is 5.56 Å². The van der Waals surface area contributed by atoms with Gasteiger partial charge in [-0.25, -0.2) is 0 Å². The van der Waals surface area contributed by atoms with Crippen LogP contribution < -0.4 is 10.6 Å². The van der Waals surface area contributed by atoms with Crippen molar-refractivity contribution in [3.05, 3.63) is 35.9 Å². The fourth-order valence-electron chi connectivity index (χ4n) is 1.50. The van der Waals surface area contributed by atoms with E-state index in [1.807, 2.05) is 30.3 Å². The zero-order valence-electron chi connectivity index (χ0n) is 9.49. The Morgan fingerprint density at radius 3 is 2.00 bits per heavy atom. The fraction of sp³-hybridized carbons (Fsp3) is 0.333. The Labute approximate surface area is 95.0 Å². The molecule has 0 saturated heterocycles. The quantitative estimate of drug-likeness (QED) is 0.719. The molecule has 1 rings (SSSR count). The third kappa shape index (κ3) is 3.08. The SMILES string of the molecule is CNC(=O)C(Cc1ccccc1)C(=O)NC. The molecule has 4 heteroatoms. The van der Waals surface area contributed by atoms with Crippen molar-refractivity contribution >= 4 is 11.8 Å². The monoisotopic (exact) mass is 220 g/mol. The van der Waals surface area contributed by atoms with Gasteiger partial charge in [0.25, 0.3) is 0 Å². The summed E-state index contributed by atoms with van der Waals surface area (Å²) in [6.07, 6.45) is 0.417. The lowest BCUT2D eigenvalue weighted by Crippen LogP contribution is -2.39. The Balaban J connectivity index is 2.79. The third-order valence-electron chi connectivity index (χ3n) is 2.41. The molecular weight excluding hydrogens is 204 g/mol. The Bertz CT molecular complexity index is 347. The van der Waals surface area contributed by atoms with Crippen molar-refractivity contribution in [2.45, 2.75) is 6.42 Å². The smallest absolute Gasteiger partial charge is 0.232 e. The molecule has 1 aromatic carbocycles. The van der Waals surface area contributed by atoms with E-state index in [0.717, 1.165) is 5.56 Å². The average molecular weight is 220 g/mol. The van der Waals surface area contributed by atoms with E-state index < -0.39 is 5.92 Å². The summed E-state index contributed by atoms with van der Waals surface area (Å²) in [6, 6.07) is 9.48. The first-order chi connectivity index (χ1) is 7.69. The van der Waals surface area contributed by atoms with Crippen LogP contribution in [0.5, 0.6) is 0 Å². The summed E-state index contributed by atoms with van der Waals surface area (Å²) in [5.74, 6) is -1.19. The Morgan fingerprint density at radius 2 is 1.56 bits per heavy atom. The first-order valence-electron chi connectivity index (χ1n) is 5.16. The second kappa shape index (κ2) is 5.90. The Hall–Kier alpha value is -1.84. The van der Waals surface area contributed by atoms with Crippen molar-refractivity contribution < 1.29 is 9.59 Å². The molecule has 0 atom stereocenters. The minimum absolute atomic E-state index is 0.261. The third-order valence-corrected chi connectivity index (χ3v) is 2.41. The number of rotatable bonds is 4. The summed E-state index contributed by atoms with van der Waals surface area (Å²) < 4.78 is 0. The second-order valence-electron chi connectivity index (χ2n) is 3.47. The van der Waals surface area contributed by atoms with Gasteiger partial charge in [0.05, 0.1) is 0 Å². The number of carbonyl (C=O) groups excluding carboxylic acids is 2. The maximum absolute atomic E-state index is 11.5. The van der Waals surface area contributed by atoms with Gasteiger partial charge in [0.2, 0.25) is 11.8 Å². The lowest BCUT2D eigenvalue weighted by molar-refractivity contribution is -0.134. The maximum Gasteiger partial charge on any atom is 0.232 e. The molecule has 0 aliphatic carbocycles. The van der Waals surface area contributed by atoms with E-state index >= 15 is 0 Å². The zero-order chi connectivity index (χ0) is 12.0. The van der Waals surface area contributed by atoms with Gasteiger partial charge in [-0.3, -0.25) is 9.59 Å². The van der Waals surface area contributed by atoms with Crippen molar-refractivity contribution in [1.29, 1.82) is 0 Å². The normalized spacial score (nSPS) is 9.94. The summed E-state index contributed by atoms with van der Waals surface area (Å²) in [4.78, 5) is 23.1. The summed E-state index contributed by atoms with van der Waals surface area (Å²) in [5, 5.41) is 5.00. The van der Waals surface area contributed by atoms with Crippen molar-refractivity contribution in [2.24, 2.45) is 5.92 Å². The number of carbonyl (C=O) groups is 2. The number of nitrogens with one attached hydrogen (secondary N) is 2. The predicted octanol–water partition coefficient (Wildman–Crippen LogP) is 0.337. The van der Waals surface area contributed by atoms with Gasteiger partial charge in [0.15, 0.2) is 0 Å². The van der Waals surface area contributed by atoms with Crippen molar-refractivity contribution in [1.82, 2.24) is 10.6 Å².